The minimum Gasteiger partial charge on any atom is -0.351 e. The van der Waals surface area contributed by atoms with Gasteiger partial charge in [0, 0.05) is 44.0 Å². The number of nitrogens with two attached hydrogens (primary N) is 1. The van der Waals surface area contributed by atoms with E-state index in [9.17, 15) is 0 Å². The molecule has 1 aliphatic carbocycles. The van der Waals surface area contributed by atoms with Crippen molar-refractivity contribution in [3.63, 3.8) is 0 Å². The Morgan fingerprint density at radius 3 is 2.35 bits per heavy atom. The van der Waals surface area contributed by atoms with Crippen molar-refractivity contribution in [1.82, 2.24) is 9.80 Å². The Labute approximate surface area is 193 Å². The van der Waals surface area contributed by atoms with Crippen LogP contribution in [0.3, 0.4) is 0 Å². The zero-order valence-electron chi connectivity index (χ0n) is 19.9. The van der Waals surface area contributed by atoms with Gasteiger partial charge in [0.1, 0.15) is 0 Å². The average Bonchev–Trinajstić information content (AvgIpc) is 3.41. The lowest BCUT2D eigenvalue weighted by atomic mass is 9.63. The van der Waals surface area contributed by atoms with Crippen molar-refractivity contribution in [1.29, 1.82) is 0 Å². The third kappa shape index (κ3) is 4.18. The molecule has 3 aliphatic heterocycles. The third-order valence-corrected chi connectivity index (χ3v) is 9.51. The summed E-state index contributed by atoms with van der Waals surface area (Å²) in [5.41, 5.74) is 11.2. The maximum absolute atomic E-state index is 6.13. The van der Waals surface area contributed by atoms with Crippen molar-refractivity contribution in [2.24, 2.45) is 10.7 Å². The summed E-state index contributed by atoms with van der Waals surface area (Å²) in [6.07, 6.45) is 6.20. The van der Waals surface area contributed by atoms with Crippen LogP contribution in [0.1, 0.15) is 82.5 Å². The summed E-state index contributed by atoms with van der Waals surface area (Å²) in [6, 6.07) is 8.69. The van der Waals surface area contributed by atoms with Crippen molar-refractivity contribution < 1.29 is 0 Å². The standard InChI is InChI=1S/C26H40N4S/c1-25(2)10-11-26(3,4)22-15-18(5-6-21(22)25)23-17-31-24(28-23)29-13-8-20(9-14-29)30-12-7-19(27)16-30/h5-6,15,19-20,23H,7-14,16-17,27H2,1-4H3. The monoisotopic (exact) mass is 440 g/mol. The fourth-order valence-corrected chi connectivity index (χ4v) is 7.23. The fraction of sp³-hybridized carbons (Fsp3) is 0.731. The second-order valence-electron chi connectivity index (χ2n) is 11.6. The van der Waals surface area contributed by atoms with Crippen molar-refractivity contribution in [2.45, 2.75) is 88.8 Å². The molecule has 31 heavy (non-hydrogen) atoms. The number of nitrogens with zero attached hydrogens (tertiary/aromatic N) is 3. The number of aliphatic imine (C=N–C) groups is 1. The van der Waals surface area contributed by atoms with Gasteiger partial charge in [0.2, 0.25) is 0 Å². The third-order valence-electron chi connectivity index (χ3n) is 8.41. The summed E-state index contributed by atoms with van der Waals surface area (Å²) in [5.74, 6) is 1.08. The van der Waals surface area contributed by atoms with Gasteiger partial charge in [-0.25, -0.2) is 0 Å². The van der Waals surface area contributed by atoms with Crippen LogP contribution >= 0.6 is 11.8 Å². The van der Waals surface area contributed by atoms with Gasteiger partial charge in [0.25, 0.3) is 0 Å². The molecule has 4 aliphatic rings. The molecule has 0 spiro atoms. The van der Waals surface area contributed by atoms with Crippen LogP contribution in [0.25, 0.3) is 0 Å². The Kier molecular flexibility index (Phi) is 5.67. The first-order valence-electron chi connectivity index (χ1n) is 12.3. The highest BCUT2D eigenvalue weighted by atomic mass is 32.2. The lowest BCUT2D eigenvalue weighted by Gasteiger charge is -2.42. The van der Waals surface area contributed by atoms with Crippen LogP contribution in [0.15, 0.2) is 23.2 Å². The van der Waals surface area contributed by atoms with E-state index in [0.717, 1.165) is 31.4 Å². The number of piperidine rings is 1. The van der Waals surface area contributed by atoms with Crippen LogP contribution in [0, 0.1) is 0 Å². The van der Waals surface area contributed by atoms with Crippen molar-refractivity contribution >= 4 is 16.9 Å². The largest absolute Gasteiger partial charge is 0.351 e. The molecule has 2 N–H and O–H groups in total. The number of benzene rings is 1. The molecule has 1 aromatic rings. The Balaban J connectivity index is 1.28. The second kappa shape index (κ2) is 8.07. The van der Waals surface area contributed by atoms with Crippen LogP contribution in [0.4, 0.5) is 0 Å². The summed E-state index contributed by atoms with van der Waals surface area (Å²) in [6.45, 7) is 14.2. The first kappa shape index (κ1) is 21.8. The molecule has 4 nitrogen and oxygen atoms in total. The zero-order valence-corrected chi connectivity index (χ0v) is 20.7. The van der Waals surface area contributed by atoms with Crippen LogP contribution in [-0.4, -0.2) is 59.0 Å². The molecule has 170 valence electrons. The Morgan fingerprint density at radius 2 is 1.68 bits per heavy atom. The highest BCUT2D eigenvalue weighted by Gasteiger charge is 2.38. The number of hydrogen-bond acceptors (Lipinski definition) is 5. The topological polar surface area (TPSA) is 44.9 Å². The molecule has 0 aromatic heterocycles. The molecule has 1 aromatic carbocycles. The maximum Gasteiger partial charge on any atom is 0.159 e. The predicted octanol–water partition coefficient (Wildman–Crippen LogP) is 4.68. The lowest BCUT2D eigenvalue weighted by Crippen LogP contribution is -2.45. The number of amidine groups is 1. The molecular formula is C26H40N4S. The first-order chi connectivity index (χ1) is 14.7. The van der Waals surface area contributed by atoms with Gasteiger partial charge in [0.05, 0.1) is 6.04 Å². The predicted molar refractivity (Wildman–Crippen MR) is 133 cm³/mol. The smallest absolute Gasteiger partial charge is 0.159 e. The van der Waals surface area contributed by atoms with Crippen LogP contribution in [0.2, 0.25) is 0 Å². The maximum atomic E-state index is 6.13. The van der Waals surface area contributed by atoms with Gasteiger partial charge in [-0.2, -0.15) is 0 Å². The SMILES string of the molecule is CC1(C)CCC(C)(C)c2cc(C3CSC(N4CCC(N5CCC(N)C5)CC4)=N3)ccc21. The van der Waals surface area contributed by atoms with Gasteiger partial charge in [-0.3, -0.25) is 9.89 Å². The minimum absolute atomic E-state index is 0.263. The van der Waals surface area contributed by atoms with Crippen LogP contribution < -0.4 is 5.73 Å². The van der Waals surface area contributed by atoms with E-state index in [0.29, 0.717) is 12.1 Å². The molecule has 2 fully saturated rings. The van der Waals surface area contributed by atoms with E-state index in [1.807, 2.05) is 11.8 Å². The van der Waals surface area contributed by atoms with E-state index in [2.05, 4.69) is 55.7 Å². The fourth-order valence-electron chi connectivity index (χ4n) is 6.09. The van der Waals surface area contributed by atoms with Gasteiger partial charge >= 0.3 is 0 Å². The normalized spacial score (nSPS) is 31.0. The molecule has 3 heterocycles. The first-order valence-corrected chi connectivity index (χ1v) is 13.3. The van der Waals surface area contributed by atoms with E-state index in [-0.39, 0.29) is 10.8 Å². The molecule has 5 rings (SSSR count). The summed E-state index contributed by atoms with van der Waals surface area (Å²) in [5, 5.41) is 1.28. The molecule has 2 saturated heterocycles. The Hall–Kier alpha value is -1.04. The number of likely N-dealkylation sites (tertiary alicyclic amines) is 2. The highest BCUT2D eigenvalue weighted by Crippen LogP contribution is 2.47. The van der Waals surface area contributed by atoms with Crippen molar-refractivity contribution in [2.75, 3.05) is 31.9 Å². The van der Waals surface area contributed by atoms with Gasteiger partial charge in [-0.1, -0.05) is 57.7 Å². The number of thioether (sulfide) groups is 1. The van der Waals surface area contributed by atoms with E-state index in [4.69, 9.17) is 10.7 Å². The lowest BCUT2D eigenvalue weighted by molar-refractivity contribution is 0.163. The summed E-state index contributed by atoms with van der Waals surface area (Å²) >= 11 is 1.97. The van der Waals surface area contributed by atoms with Gasteiger partial charge in [0.15, 0.2) is 5.17 Å². The van der Waals surface area contributed by atoms with Crippen LogP contribution in [-0.2, 0) is 10.8 Å². The number of rotatable bonds is 2. The molecule has 0 saturated carbocycles. The summed E-state index contributed by atoms with van der Waals surface area (Å²) in [4.78, 5) is 10.4. The quantitative estimate of drug-likeness (QED) is 0.725. The molecular weight excluding hydrogens is 400 g/mol. The van der Waals surface area contributed by atoms with E-state index >= 15 is 0 Å². The molecule has 0 amide bonds. The molecule has 0 bridgehead atoms. The summed E-state index contributed by atoms with van der Waals surface area (Å²) < 4.78 is 0. The zero-order chi connectivity index (χ0) is 21.8. The van der Waals surface area contributed by atoms with E-state index in [1.54, 1.807) is 11.1 Å². The molecule has 5 heteroatoms. The number of hydrogen-bond donors (Lipinski definition) is 1. The average molecular weight is 441 g/mol. The van der Waals surface area contributed by atoms with Gasteiger partial charge < -0.3 is 10.6 Å². The Morgan fingerprint density at radius 1 is 0.968 bits per heavy atom. The second-order valence-corrected chi connectivity index (χ2v) is 12.6. The molecule has 2 unspecified atom stereocenters. The molecule has 0 radical (unpaired) electrons. The van der Waals surface area contributed by atoms with Crippen LogP contribution in [0.5, 0.6) is 0 Å². The van der Waals surface area contributed by atoms with Crippen molar-refractivity contribution in [3.8, 4) is 0 Å². The van der Waals surface area contributed by atoms with Gasteiger partial charge in [-0.05, 0) is 59.6 Å². The van der Waals surface area contributed by atoms with E-state index < -0.39 is 0 Å². The van der Waals surface area contributed by atoms with E-state index in [1.165, 1.54) is 49.4 Å². The van der Waals surface area contributed by atoms with Gasteiger partial charge in [-0.15, -0.1) is 0 Å². The Bertz CT molecular complexity index is 853. The highest BCUT2D eigenvalue weighted by molar-refractivity contribution is 8.14. The molecule has 2 atom stereocenters. The van der Waals surface area contributed by atoms with Crippen molar-refractivity contribution in [3.05, 3.63) is 34.9 Å². The summed E-state index contributed by atoms with van der Waals surface area (Å²) in [7, 11) is 0. The minimum atomic E-state index is 0.263. The number of fused-ring (bicyclic) bond motifs is 1.